The predicted molar refractivity (Wildman–Crippen MR) is 82.5 cm³/mol. The van der Waals surface area contributed by atoms with Crippen LogP contribution in [-0.2, 0) is 23.0 Å². The van der Waals surface area contributed by atoms with E-state index in [1.807, 2.05) is 19.2 Å². The summed E-state index contributed by atoms with van der Waals surface area (Å²) in [6.07, 6.45) is 1.47. The van der Waals surface area contributed by atoms with Crippen LogP contribution in [0.5, 0.6) is 5.75 Å². The van der Waals surface area contributed by atoms with E-state index in [1.165, 1.54) is 0 Å². The highest BCUT2D eigenvalue weighted by atomic mass is 79.9. The van der Waals surface area contributed by atoms with Crippen molar-refractivity contribution in [3.8, 4) is 5.75 Å². The van der Waals surface area contributed by atoms with Crippen molar-refractivity contribution in [2.75, 3.05) is 26.0 Å². The van der Waals surface area contributed by atoms with Crippen molar-refractivity contribution < 1.29 is 13.2 Å². The fourth-order valence-electron chi connectivity index (χ4n) is 2.18. The maximum absolute atomic E-state index is 11.9. The van der Waals surface area contributed by atoms with Crippen molar-refractivity contribution in [2.45, 2.75) is 19.4 Å². The maximum Gasteiger partial charge on any atom is 0.211 e. The van der Waals surface area contributed by atoms with Crippen LogP contribution < -0.4 is 14.8 Å². The van der Waals surface area contributed by atoms with E-state index in [1.54, 1.807) is 0 Å². The lowest BCUT2D eigenvalue weighted by Gasteiger charge is -2.11. The molecule has 1 aromatic rings. The van der Waals surface area contributed by atoms with Crippen LogP contribution >= 0.6 is 15.9 Å². The van der Waals surface area contributed by atoms with Gasteiger partial charge in [-0.3, -0.25) is 0 Å². The summed E-state index contributed by atoms with van der Waals surface area (Å²) in [5, 5.41) is 2.94. The molecule has 7 heteroatoms. The number of sulfonamides is 1. The Bertz CT molecular complexity index is 575. The van der Waals surface area contributed by atoms with Crippen molar-refractivity contribution in [1.82, 2.24) is 10.0 Å². The van der Waals surface area contributed by atoms with E-state index < -0.39 is 10.0 Å². The summed E-state index contributed by atoms with van der Waals surface area (Å²) >= 11 is 3.45. The van der Waals surface area contributed by atoms with Crippen molar-refractivity contribution in [3.05, 3.63) is 27.7 Å². The van der Waals surface area contributed by atoms with Crippen molar-refractivity contribution in [2.24, 2.45) is 0 Å². The Balaban J connectivity index is 2.01. The van der Waals surface area contributed by atoms with E-state index in [2.05, 4.69) is 26.0 Å². The third-order valence-corrected chi connectivity index (χ3v) is 5.02. The molecule has 112 valence electrons. The van der Waals surface area contributed by atoms with Crippen LogP contribution in [0.25, 0.3) is 0 Å². The van der Waals surface area contributed by atoms with Gasteiger partial charge in [-0.2, -0.15) is 0 Å². The molecule has 1 aliphatic heterocycles. The van der Waals surface area contributed by atoms with Gasteiger partial charge >= 0.3 is 0 Å². The van der Waals surface area contributed by atoms with Gasteiger partial charge in [0.15, 0.2) is 0 Å². The molecule has 0 fully saturated rings. The van der Waals surface area contributed by atoms with Gasteiger partial charge in [0, 0.05) is 23.0 Å². The molecule has 1 heterocycles. The minimum Gasteiger partial charge on any atom is -0.493 e. The van der Waals surface area contributed by atoms with Gasteiger partial charge in [-0.05, 0) is 37.7 Å². The van der Waals surface area contributed by atoms with Gasteiger partial charge in [0.2, 0.25) is 10.0 Å². The Morgan fingerprint density at radius 2 is 2.20 bits per heavy atom. The van der Waals surface area contributed by atoms with Crippen LogP contribution in [0.1, 0.15) is 17.5 Å². The average Bonchev–Trinajstić information content (AvgIpc) is 2.84. The highest BCUT2D eigenvalue weighted by Crippen LogP contribution is 2.32. The van der Waals surface area contributed by atoms with Gasteiger partial charge < -0.3 is 10.1 Å². The van der Waals surface area contributed by atoms with Crippen LogP contribution in [0.4, 0.5) is 0 Å². The summed E-state index contributed by atoms with van der Waals surface area (Å²) in [6.45, 7) is 1.62. The van der Waals surface area contributed by atoms with Crippen LogP contribution in [-0.4, -0.2) is 34.4 Å². The standard InChI is InChI=1S/C13H19BrN2O3S/c1-15-4-2-6-20(17,18)16-9-11-8-12(14)7-10-3-5-19-13(10)11/h7-8,15-16H,2-6,9H2,1H3. The molecule has 0 unspecified atom stereocenters. The van der Waals surface area contributed by atoms with E-state index in [-0.39, 0.29) is 12.3 Å². The second kappa shape index (κ2) is 6.89. The first-order valence-electron chi connectivity index (χ1n) is 6.58. The summed E-state index contributed by atoms with van der Waals surface area (Å²) < 4.78 is 32.9. The zero-order valence-corrected chi connectivity index (χ0v) is 13.8. The summed E-state index contributed by atoms with van der Waals surface area (Å²) in [4.78, 5) is 0. The molecule has 0 aliphatic carbocycles. The molecule has 1 aliphatic rings. The maximum atomic E-state index is 11.9. The molecule has 5 nitrogen and oxygen atoms in total. The monoisotopic (exact) mass is 362 g/mol. The Kier molecular flexibility index (Phi) is 5.42. The molecular weight excluding hydrogens is 344 g/mol. The molecule has 2 rings (SSSR count). The van der Waals surface area contributed by atoms with Crippen LogP contribution in [0.2, 0.25) is 0 Å². The third kappa shape index (κ3) is 4.18. The first kappa shape index (κ1) is 15.8. The van der Waals surface area contributed by atoms with Gasteiger partial charge in [-0.1, -0.05) is 15.9 Å². The van der Waals surface area contributed by atoms with E-state index in [9.17, 15) is 8.42 Å². The van der Waals surface area contributed by atoms with Gasteiger partial charge in [0.05, 0.1) is 12.4 Å². The van der Waals surface area contributed by atoms with Gasteiger partial charge in [-0.15, -0.1) is 0 Å². The Morgan fingerprint density at radius 1 is 1.40 bits per heavy atom. The Hall–Kier alpha value is -0.630. The van der Waals surface area contributed by atoms with E-state index >= 15 is 0 Å². The first-order chi connectivity index (χ1) is 9.52. The molecule has 0 atom stereocenters. The molecule has 2 N–H and O–H groups in total. The second-order valence-electron chi connectivity index (χ2n) is 4.75. The van der Waals surface area contributed by atoms with Crippen molar-refractivity contribution in [3.63, 3.8) is 0 Å². The van der Waals surface area contributed by atoms with Crippen molar-refractivity contribution >= 4 is 26.0 Å². The number of ether oxygens (including phenoxy) is 1. The number of halogens is 1. The normalized spacial score (nSPS) is 14.1. The van der Waals surface area contributed by atoms with Crippen LogP contribution in [0.15, 0.2) is 16.6 Å². The quantitative estimate of drug-likeness (QED) is 0.719. The van der Waals surface area contributed by atoms with E-state index in [0.29, 0.717) is 19.6 Å². The van der Waals surface area contributed by atoms with Crippen LogP contribution in [0, 0.1) is 0 Å². The fourth-order valence-corrected chi connectivity index (χ4v) is 3.77. The highest BCUT2D eigenvalue weighted by molar-refractivity contribution is 9.10. The minimum atomic E-state index is -3.24. The fraction of sp³-hybridized carbons (Fsp3) is 0.538. The molecule has 0 saturated carbocycles. The highest BCUT2D eigenvalue weighted by Gasteiger charge is 2.19. The van der Waals surface area contributed by atoms with E-state index in [0.717, 1.165) is 27.8 Å². The summed E-state index contributed by atoms with van der Waals surface area (Å²) in [6, 6.07) is 3.92. The predicted octanol–water partition coefficient (Wildman–Crippen LogP) is 1.41. The molecule has 0 spiro atoms. The lowest BCUT2D eigenvalue weighted by atomic mass is 10.1. The average molecular weight is 363 g/mol. The zero-order valence-electron chi connectivity index (χ0n) is 11.4. The SMILES string of the molecule is CNCCCS(=O)(=O)NCc1cc(Br)cc2c1OCC2. The Labute approximate surface area is 128 Å². The number of fused-ring (bicyclic) bond motifs is 1. The zero-order chi connectivity index (χ0) is 14.6. The molecule has 0 amide bonds. The minimum absolute atomic E-state index is 0.130. The summed E-state index contributed by atoms with van der Waals surface area (Å²) in [5.41, 5.74) is 2.01. The Morgan fingerprint density at radius 3 is 2.95 bits per heavy atom. The number of hydrogen-bond acceptors (Lipinski definition) is 4. The number of hydrogen-bond donors (Lipinski definition) is 2. The van der Waals surface area contributed by atoms with E-state index in [4.69, 9.17) is 4.74 Å². The van der Waals surface area contributed by atoms with Gasteiger partial charge in [0.25, 0.3) is 0 Å². The molecule has 20 heavy (non-hydrogen) atoms. The molecule has 0 radical (unpaired) electrons. The topological polar surface area (TPSA) is 67.4 Å². The smallest absolute Gasteiger partial charge is 0.211 e. The molecular formula is C13H19BrN2O3S. The molecule has 1 aromatic carbocycles. The molecule has 0 bridgehead atoms. The van der Waals surface area contributed by atoms with Gasteiger partial charge in [0.1, 0.15) is 5.75 Å². The number of benzene rings is 1. The van der Waals surface area contributed by atoms with Crippen molar-refractivity contribution in [1.29, 1.82) is 0 Å². The number of nitrogens with one attached hydrogen (secondary N) is 2. The largest absolute Gasteiger partial charge is 0.493 e. The van der Waals surface area contributed by atoms with Crippen LogP contribution in [0.3, 0.4) is 0 Å². The molecule has 0 saturated heterocycles. The molecule has 0 aromatic heterocycles. The first-order valence-corrected chi connectivity index (χ1v) is 9.02. The summed E-state index contributed by atoms with van der Waals surface area (Å²) in [5.74, 6) is 0.955. The van der Waals surface area contributed by atoms with Gasteiger partial charge in [-0.25, -0.2) is 13.1 Å². The summed E-state index contributed by atoms with van der Waals surface area (Å²) in [7, 11) is -1.44. The number of rotatable bonds is 7. The second-order valence-corrected chi connectivity index (χ2v) is 7.59. The lowest BCUT2D eigenvalue weighted by molar-refractivity contribution is 0.353. The third-order valence-electron chi connectivity index (χ3n) is 3.15. The lowest BCUT2D eigenvalue weighted by Crippen LogP contribution is -2.27.